The Morgan fingerprint density at radius 1 is 1.67 bits per heavy atom. The lowest BCUT2D eigenvalue weighted by Crippen LogP contribution is -1.92. The molecule has 2 aliphatic heterocycles. The van der Waals surface area contributed by atoms with E-state index in [1.54, 1.807) is 11.3 Å². The Balaban J connectivity index is 2.95. The van der Waals surface area contributed by atoms with Gasteiger partial charge in [-0.25, -0.2) is 4.98 Å². The van der Waals surface area contributed by atoms with Gasteiger partial charge in [0, 0.05) is 5.38 Å². The Kier molecular flexibility index (Phi) is 0.301. The molecule has 29 valence electrons. The molecule has 1 nitrogen and oxygen atoms in total. The number of hydrogen-bond acceptors (Lipinski definition) is 2. The quantitative estimate of drug-likeness (QED) is 0.478. The molecule has 0 saturated heterocycles. The van der Waals surface area contributed by atoms with Crippen LogP contribution in [0.3, 0.4) is 0 Å². The molecule has 0 aliphatic carbocycles. The SMILES string of the molecule is [CH]1c2csc1n2. The van der Waals surface area contributed by atoms with Crippen LogP contribution in [0.25, 0.3) is 0 Å². The highest BCUT2D eigenvalue weighted by molar-refractivity contribution is 7.10. The van der Waals surface area contributed by atoms with Gasteiger partial charge in [0.15, 0.2) is 0 Å². The fourth-order valence-electron chi connectivity index (χ4n) is 0.494. The van der Waals surface area contributed by atoms with Crippen molar-refractivity contribution in [2.75, 3.05) is 0 Å². The first-order valence-electron chi connectivity index (χ1n) is 1.75. The van der Waals surface area contributed by atoms with E-state index in [0.29, 0.717) is 0 Å². The molecule has 0 unspecified atom stereocenters. The fourth-order valence-corrected chi connectivity index (χ4v) is 1.20. The average molecular weight is 96.1 g/mol. The summed E-state index contributed by atoms with van der Waals surface area (Å²) in [6.07, 6.45) is 2.07. The number of nitrogens with zero attached hydrogens (tertiary/aromatic N) is 1. The molecule has 0 aromatic carbocycles. The van der Waals surface area contributed by atoms with E-state index in [1.807, 2.05) is 0 Å². The molecule has 0 fully saturated rings. The third-order valence-electron chi connectivity index (χ3n) is 0.811. The van der Waals surface area contributed by atoms with Crippen LogP contribution in [0.1, 0.15) is 10.7 Å². The molecule has 0 saturated carbocycles. The van der Waals surface area contributed by atoms with Gasteiger partial charge in [-0.1, -0.05) is 0 Å². The minimum atomic E-state index is 1.15. The van der Waals surface area contributed by atoms with Gasteiger partial charge in [0.25, 0.3) is 0 Å². The number of rotatable bonds is 0. The van der Waals surface area contributed by atoms with Crippen molar-refractivity contribution in [3.8, 4) is 0 Å². The lowest BCUT2D eigenvalue weighted by Gasteiger charge is -1.94. The fraction of sp³-hybridized carbons (Fsp3) is 0. The second-order valence-corrected chi connectivity index (χ2v) is 2.14. The van der Waals surface area contributed by atoms with Crippen LogP contribution < -0.4 is 0 Å². The van der Waals surface area contributed by atoms with Crippen molar-refractivity contribution in [3.63, 3.8) is 0 Å². The molecule has 6 heavy (non-hydrogen) atoms. The molecule has 2 heteroatoms. The molecule has 2 bridgehead atoms. The van der Waals surface area contributed by atoms with Gasteiger partial charge < -0.3 is 0 Å². The van der Waals surface area contributed by atoms with Gasteiger partial charge in [0.05, 0.1) is 12.1 Å². The zero-order valence-electron chi connectivity index (χ0n) is 3.01. The summed E-state index contributed by atoms with van der Waals surface area (Å²) in [5.74, 6) is 0. The predicted octanol–water partition coefficient (Wildman–Crippen LogP) is 1.06. The Bertz CT molecular complexity index is 144. The number of thiazole rings is 1. The summed E-state index contributed by atoms with van der Waals surface area (Å²) in [5.41, 5.74) is 1.15. The highest BCUT2D eigenvalue weighted by atomic mass is 32.1. The van der Waals surface area contributed by atoms with Crippen molar-refractivity contribution >= 4 is 11.3 Å². The standard InChI is InChI=1S/C4H2NS/c1-3-2-6-4(1)5-3/h1-2H. The third kappa shape index (κ3) is 0.157. The monoisotopic (exact) mass is 96.0 g/mol. The van der Waals surface area contributed by atoms with Crippen LogP contribution in [0.5, 0.6) is 0 Å². The van der Waals surface area contributed by atoms with E-state index >= 15 is 0 Å². The normalized spacial score (nSPS) is 14.0. The summed E-state index contributed by atoms with van der Waals surface area (Å²) in [7, 11) is 0. The molecule has 3 rings (SSSR count). The first-order valence-corrected chi connectivity index (χ1v) is 2.63. The molecule has 0 amide bonds. The molecule has 0 spiro atoms. The number of fused-ring (bicyclic) bond motifs is 1. The van der Waals surface area contributed by atoms with Gasteiger partial charge in [0.2, 0.25) is 0 Å². The maximum Gasteiger partial charge on any atom is 0.103 e. The van der Waals surface area contributed by atoms with Crippen LogP contribution in [0.15, 0.2) is 5.38 Å². The summed E-state index contributed by atoms with van der Waals surface area (Å²) in [5, 5.41) is 3.22. The number of hydrogen-bond donors (Lipinski definition) is 0. The van der Waals surface area contributed by atoms with E-state index in [4.69, 9.17) is 0 Å². The van der Waals surface area contributed by atoms with Crippen LogP contribution in [0.2, 0.25) is 0 Å². The molecule has 0 N–H and O–H groups in total. The lowest BCUT2D eigenvalue weighted by atomic mass is 10.3. The Labute approximate surface area is 39.7 Å². The van der Waals surface area contributed by atoms with Gasteiger partial charge in [0.1, 0.15) is 5.01 Å². The van der Waals surface area contributed by atoms with Crippen molar-refractivity contribution in [3.05, 3.63) is 22.5 Å². The summed E-state index contributed by atoms with van der Waals surface area (Å²) < 4.78 is 0. The molecule has 1 aromatic rings. The lowest BCUT2D eigenvalue weighted by molar-refractivity contribution is 1.13. The maximum absolute atomic E-state index is 4.02. The van der Waals surface area contributed by atoms with Gasteiger partial charge in [-0.15, -0.1) is 11.3 Å². The van der Waals surface area contributed by atoms with E-state index in [9.17, 15) is 0 Å². The van der Waals surface area contributed by atoms with E-state index < -0.39 is 0 Å². The van der Waals surface area contributed by atoms with Gasteiger partial charge >= 0.3 is 0 Å². The summed E-state index contributed by atoms with van der Waals surface area (Å²) >= 11 is 1.70. The maximum atomic E-state index is 4.02. The molecule has 0 atom stereocenters. The first kappa shape index (κ1) is 2.75. The summed E-state index contributed by atoms with van der Waals surface area (Å²) in [6, 6.07) is 0. The average Bonchev–Trinajstić information content (AvgIpc) is 1.72. The van der Waals surface area contributed by atoms with Crippen molar-refractivity contribution in [1.82, 2.24) is 4.98 Å². The zero-order valence-corrected chi connectivity index (χ0v) is 3.83. The van der Waals surface area contributed by atoms with Crippen molar-refractivity contribution in [2.45, 2.75) is 0 Å². The highest BCUT2D eigenvalue weighted by Gasteiger charge is 2.12. The van der Waals surface area contributed by atoms with Crippen molar-refractivity contribution in [1.29, 1.82) is 0 Å². The van der Waals surface area contributed by atoms with E-state index in [2.05, 4.69) is 16.8 Å². The van der Waals surface area contributed by atoms with Gasteiger partial charge in [-0.05, 0) is 0 Å². The molecule has 1 radical (unpaired) electrons. The summed E-state index contributed by atoms with van der Waals surface area (Å²) in [4.78, 5) is 4.02. The zero-order chi connectivity index (χ0) is 3.98. The molecular formula is C4H2NS. The second kappa shape index (κ2) is 0.658. The van der Waals surface area contributed by atoms with Crippen LogP contribution in [0, 0.1) is 6.42 Å². The van der Waals surface area contributed by atoms with Crippen LogP contribution >= 0.6 is 11.3 Å². The number of aromatic nitrogens is 1. The highest BCUT2D eigenvalue weighted by Crippen LogP contribution is 2.24. The smallest absolute Gasteiger partial charge is 0.103 e. The van der Waals surface area contributed by atoms with Crippen LogP contribution in [-0.4, -0.2) is 4.98 Å². The Hall–Kier alpha value is -0.370. The molecule has 3 heterocycles. The molecule has 1 aromatic heterocycles. The third-order valence-corrected chi connectivity index (χ3v) is 1.62. The van der Waals surface area contributed by atoms with Crippen LogP contribution in [-0.2, 0) is 0 Å². The van der Waals surface area contributed by atoms with E-state index in [-0.39, 0.29) is 0 Å². The van der Waals surface area contributed by atoms with E-state index in [1.165, 1.54) is 5.01 Å². The predicted molar refractivity (Wildman–Crippen MR) is 24.6 cm³/mol. The Morgan fingerprint density at radius 3 is 2.67 bits per heavy atom. The topological polar surface area (TPSA) is 12.9 Å². The largest absolute Gasteiger partial charge is 0.245 e. The minimum Gasteiger partial charge on any atom is -0.245 e. The summed E-state index contributed by atoms with van der Waals surface area (Å²) in [6.45, 7) is 0. The van der Waals surface area contributed by atoms with Crippen LogP contribution in [0.4, 0.5) is 0 Å². The molecule has 2 aliphatic rings. The Morgan fingerprint density at radius 2 is 2.50 bits per heavy atom. The van der Waals surface area contributed by atoms with Crippen molar-refractivity contribution < 1.29 is 0 Å². The minimum absolute atomic E-state index is 1.15. The van der Waals surface area contributed by atoms with Gasteiger partial charge in [-0.2, -0.15) is 0 Å². The van der Waals surface area contributed by atoms with Crippen molar-refractivity contribution in [2.24, 2.45) is 0 Å². The second-order valence-electron chi connectivity index (χ2n) is 1.25. The van der Waals surface area contributed by atoms with Gasteiger partial charge in [-0.3, -0.25) is 0 Å². The van der Waals surface area contributed by atoms with E-state index in [0.717, 1.165) is 5.69 Å². The first-order chi connectivity index (χ1) is 2.95. The molecular weight excluding hydrogens is 94.1 g/mol.